The van der Waals surface area contributed by atoms with Crippen LogP contribution in [0.4, 0.5) is 0 Å². The Hall–Kier alpha value is -3.41. The lowest BCUT2D eigenvalue weighted by Gasteiger charge is -2.33. The Kier molecular flexibility index (Phi) is 2.82. The summed E-state index contributed by atoms with van der Waals surface area (Å²) in [7, 11) is 0. The number of nitrogens with zero attached hydrogens (tertiary/aromatic N) is 3. The molecule has 2 aliphatic heterocycles. The molecule has 0 fully saturated rings. The number of ether oxygens (including phenoxy) is 2. The second kappa shape index (κ2) is 5.04. The van der Waals surface area contributed by atoms with Crippen molar-refractivity contribution in [3.63, 3.8) is 0 Å². The Morgan fingerprint density at radius 2 is 1.92 bits per heavy atom. The molecule has 1 aromatic carbocycles. The molecule has 1 atom stereocenters. The summed E-state index contributed by atoms with van der Waals surface area (Å²) >= 11 is 0. The highest BCUT2D eigenvalue weighted by molar-refractivity contribution is 5.63. The molecule has 122 valence electrons. The molecule has 25 heavy (non-hydrogen) atoms. The van der Waals surface area contributed by atoms with Crippen LogP contribution in [0.15, 0.2) is 70.7 Å². The summed E-state index contributed by atoms with van der Waals surface area (Å²) in [5, 5.41) is 0. The molecule has 0 N–H and O–H groups in total. The van der Waals surface area contributed by atoms with Crippen LogP contribution in [0, 0.1) is 0 Å². The smallest absolute Gasteiger partial charge is 0.299 e. The van der Waals surface area contributed by atoms with Gasteiger partial charge in [-0.2, -0.15) is 0 Å². The molecule has 5 rings (SSSR count). The van der Waals surface area contributed by atoms with Gasteiger partial charge in [-0.3, -0.25) is 9.36 Å². The SMILES string of the molecule is O=c1c2c(ccn1-c1ccccn1)C1(COC=N1)c1ccccc1O2. The molecule has 3 aromatic rings. The summed E-state index contributed by atoms with van der Waals surface area (Å²) in [5.74, 6) is 1.42. The first-order chi connectivity index (χ1) is 12.3. The lowest BCUT2D eigenvalue weighted by molar-refractivity contribution is 0.272. The minimum atomic E-state index is -0.744. The van der Waals surface area contributed by atoms with Gasteiger partial charge in [0, 0.05) is 23.5 Å². The van der Waals surface area contributed by atoms with E-state index in [4.69, 9.17) is 9.47 Å². The minimum absolute atomic E-state index is 0.259. The van der Waals surface area contributed by atoms with Crippen molar-refractivity contribution in [1.29, 1.82) is 0 Å². The van der Waals surface area contributed by atoms with Gasteiger partial charge in [0.15, 0.2) is 17.7 Å². The molecule has 1 unspecified atom stereocenters. The number of fused-ring (bicyclic) bond motifs is 4. The molecule has 0 bridgehead atoms. The van der Waals surface area contributed by atoms with Gasteiger partial charge >= 0.3 is 0 Å². The van der Waals surface area contributed by atoms with Crippen molar-refractivity contribution in [2.75, 3.05) is 6.61 Å². The summed E-state index contributed by atoms with van der Waals surface area (Å²) in [6.45, 7) is 0.341. The number of aliphatic imine (C=N–C) groups is 1. The number of hydrogen-bond donors (Lipinski definition) is 0. The third-order valence-electron chi connectivity index (χ3n) is 4.57. The normalized spacial score (nSPS) is 19.8. The average Bonchev–Trinajstić information content (AvgIpc) is 3.14. The highest BCUT2D eigenvalue weighted by atomic mass is 16.5. The van der Waals surface area contributed by atoms with E-state index in [0.29, 0.717) is 23.7 Å². The molecule has 2 aliphatic rings. The molecule has 6 nitrogen and oxygen atoms in total. The number of para-hydroxylation sites is 1. The van der Waals surface area contributed by atoms with Crippen LogP contribution >= 0.6 is 0 Å². The van der Waals surface area contributed by atoms with Gasteiger partial charge in [-0.15, -0.1) is 0 Å². The fourth-order valence-electron chi connectivity index (χ4n) is 3.39. The molecule has 0 saturated heterocycles. The van der Waals surface area contributed by atoms with E-state index in [0.717, 1.165) is 5.56 Å². The second-order valence-corrected chi connectivity index (χ2v) is 5.93. The number of benzene rings is 1. The van der Waals surface area contributed by atoms with E-state index in [-0.39, 0.29) is 11.3 Å². The average molecular weight is 331 g/mol. The molecule has 0 saturated carbocycles. The van der Waals surface area contributed by atoms with Crippen LogP contribution in [0.25, 0.3) is 5.82 Å². The zero-order chi connectivity index (χ0) is 16.9. The van der Waals surface area contributed by atoms with Crippen LogP contribution in [0.5, 0.6) is 11.5 Å². The van der Waals surface area contributed by atoms with E-state index in [9.17, 15) is 4.79 Å². The topological polar surface area (TPSA) is 65.7 Å². The minimum Gasteiger partial charge on any atom is -0.480 e. The van der Waals surface area contributed by atoms with Gasteiger partial charge < -0.3 is 9.47 Å². The van der Waals surface area contributed by atoms with Crippen molar-refractivity contribution in [2.24, 2.45) is 4.99 Å². The van der Waals surface area contributed by atoms with Gasteiger partial charge in [-0.1, -0.05) is 24.3 Å². The van der Waals surface area contributed by atoms with Crippen LogP contribution in [0.1, 0.15) is 11.1 Å². The molecule has 0 amide bonds. The van der Waals surface area contributed by atoms with Crippen LogP contribution in [-0.4, -0.2) is 22.6 Å². The van der Waals surface area contributed by atoms with E-state index in [1.807, 2.05) is 36.4 Å². The fourth-order valence-corrected chi connectivity index (χ4v) is 3.39. The number of pyridine rings is 2. The van der Waals surface area contributed by atoms with Gasteiger partial charge in [0.2, 0.25) is 0 Å². The largest absolute Gasteiger partial charge is 0.480 e. The first-order valence-corrected chi connectivity index (χ1v) is 7.90. The monoisotopic (exact) mass is 331 g/mol. The highest BCUT2D eigenvalue weighted by Gasteiger charge is 2.46. The Bertz CT molecular complexity index is 1060. The molecule has 0 aliphatic carbocycles. The zero-order valence-corrected chi connectivity index (χ0v) is 13.1. The fraction of sp³-hybridized carbons (Fsp3) is 0.105. The van der Waals surface area contributed by atoms with Crippen LogP contribution < -0.4 is 10.3 Å². The number of aromatic nitrogens is 2. The van der Waals surface area contributed by atoms with Crippen LogP contribution in [-0.2, 0) is 10.3 Å². The summed E-state index contributed by atoms with van der Waals surface area (Å²) in [4.78, 5) is 21.9. The molecular formula is C19H13N3O3. The van der Waals surface area contributed by atoms with E-state index < -0.39 is 5.54 Å². The van der Waals surface area contributed by atoms with Crippen LogP contribution in [0.2, 0.25) is 0 Å². The predicted molar refractivity (Wildman–Crippen MR) is 91.6 cm³/mol. The van der Waals surface area contributed by atoms with Crippen molar-refractivity contribution >= 4 is 6.40 Å². The third-order valence-corrected chi connectivity index (χ3v) is 4.57. The first-order valence-electron chi connectivity index (χ1n) is 7.90. The van der Waals surface area contributed by atoms with Crippen LogP contribution in [0.3, 0.4) is 0 Å². The quantitative estimate of drug-likeness (QED) is 0.687. The van der Waals surface area contributed by atoms with E-state index in [1.54, 1.807) is 24.5 Å². The van der Waals surface area contributed by atoms with E-state index in [1.165, 1.54) is 11.0 Å². The summed E-state index contributed by atoms with van der Waals surface area (Å²) in [6.07, 6.45) is 4.79. The van der Waals surface area contributed by atoms with Gasteiger partial charge in [0.05, 0.1) is 0 Å². The number of rotatable bonds is 1. The summed E-state index contributed by atoms with van der Waals surface area (Å²) in [5.41, 5.74) is 0.586. The van der Waals surface area contributed by atoms with E-state index in [2.05, 4.69) is 9.98 Å². The standard InChI is InChI=1S/C19H13N3O3/c23-18-17-14(8-10-22(18)16-7-3-4-9-20-16)19(11-24-12-21-19)13-5-1-2-6-15(13)25-17/h1-10,12H,11H2. The first kappa shape index (κ1) is 14.0. The molecule has 0 radical (unpaired) electrons. The predicted octanol–water partition coefficient (Wildman–Crippen LogP) is 2.64. The van der Waals surface area contributed by atoms with Gasteiger partial charge in [-0.05, 0) is 24.3 Å². The Morgan fingerprint density at radius 1 is 1.04 bits per heavy atom. The van der Waals surface area contributed by atoms with Crippen molar-refractivity contribution in [3.05, 3.63) is 82.4 Å². The van der Waals surface area contributed by atoms with Crippen molar-refractivity contribution < 1.29 is 9.47 Å². The summed E-state index contributed by atoms with van der Waals surface area (Å²) in [6, 6.07) is 14.9. The highest BCUT2D eigenvalue weighted by Crippen LogP contribution is 2.48. The van der Waals surface area contributed by atoms with Crippen molar-refractivity contribution in [3.8, 4) is 17.3 Å². The molecule has 2 aromatic heterocycles. The van der Waals surface area contributed by atoms with Gasteiger partial charge in [0.25, 0.3) is 5.56 Å². The zero-order valence-electron chi connectivity index (χ0n) is 13.1. The van der Waals surface area contributed by atoms with Crippen molar-refractivity contribution in [2.45, 2.75) is 5.54 Å². The maximum absolute atomic E-state index is 13.1. The molecule has 4 heterocycles. The lowest BCUT2D eigenvalue weighted by Crippen LogP contribution is -2.35. The Morgan fingerprint density at radius 3 is 2.72 bits per heavy atom. The Balaban J connectivity index is 1.78. The maximum Gasteiger partial charge on any atom is 0.299 e. The van der Waals surface area contributed by atoms with Crippen molar-refractivity contribution in [1.82, 2.24) is 9.55 Å². The summed E-state index contributed by atoms with van der Waals surface area (Å²) < 4.78 is 12.9. The number of hydrogen-bond acceptors (Lipinski definition) is 5. The second-order valence-electron chi connectivity index (χ2n) is 5.93. The Labute approximate surface area is 143 Å². The molecule has 1 spiro atoms. The van der Waals surface area contributed by atoms with E-state index >= 15 is 0 Å². The lowest BCUT2D eigenvalue weighted by atomic mass is 9.82. The third kappa shape index (κ3) is 1.88. The van der Waals surface area contributed by atoms with Gasteiger partial charge in [0.1, 0.15) is 18.2 Å². The maximum atomic E-state index is 13.1. The molecule has 6 heteroatoms. The molecular weight excluding hydrogens is 318 g/mol. The van der Waals surface area contributed by atoms with Gasteiger partial charge in [-0.25, -0.2) is 9.98 Å².